The van der Waals surface area contributed by atoms with Crippen LogP contribution in [0.5, 0.6) is 0 Å². The van der Waals surface area contributed by atoms with E-state index in [9.17, 15) is 14.4 Å². The van der Waals surface area contributed by atoms with Gasteiger partial charge >= 0.3 is 17.9 Å². The van der Waals surface area contributed by atoms with Crippen LogP contribution in [0.4, 0.5) is 0 Å². The molecule has 0 aliphatic heterocycles. The summed E-state index contributed by atoms with van der Waals surface area (Å²) < 4.78 is 16.8. The van der Waals surface area contributed by atoms with Crippen molar-refractivity contribution in [2.24, 2.45) is 0 Å². The fourth-order valence-electron chi connectivity index (χ4n) is 10.2. The van der Waals surface area contributed by atoms with Gasteiger partial charge in [0.1, 0.15) is 13.2 Å². The molecule has 422 valence electrons. The van der Waals surface area contributed by atoms with Crippen LogP contribution in [0.25, 0.3) is 0 Å². The van der Waals surface area contributed by atoms with Gasteiger partial charge in [0, 0.05) is 19.3 Å². The standard InChI is InChI=1S/C65H126O6/c1-4-7-10-13-15-17-19-21-23-25-26-27-28-29-30-31-32-33-34-35-36-37-38-40-41-43-45-47-49-52-55-58-64(67)70-61-62(60-69-63(66)57-54-51-12-9-6-3)71-65(68)59-56-53-50-48-46-44-42-39-24-22-20-18-16-14-11-8-5-2/h62H,4-61H2,1-3H3. The molecular weight excluding hydrogens is 877 g/mol. The highest BCUT2D eigenvalue weighted by molar-refractivity contribution is 5.71. The first-order chi connectivity index (χ1) is 35.0. The molecule has 0 saturated heterocycles. The quantitative estimate of drug-likeness (QED) is 0.0343. The summed E-state index contributed by atoms with van der Waals surface area (Å²) in [5.74, 6) is -0.848. The number of carbonyl (C=O) groups excluding carboxylic acids is 3. The van der Waals surface area contributed by atoms with Crippen LogP contribution in [-0.4, -0.2) is 37.2 Å². The summed E-state index contributed by atoms with van der Waals surface area (Å²) in [4.78, 5) is 37.9. The third-order valence-corrected chi connectivity index (χ3v) is 15.1. The molecule has 0 aromatic carbocycles. The SMILES string of the molecule is CCCCCCCCCCCCCCCCCCCCCCCCCCCCCCCCCC(=O)OCC(COC(=O)CCCCCCC)OC(=O)CCCCCCCCCCCCCCCCCCC. The molecule has 0 radical (unpaired) electrons. The Morgan fingerprint density at radius 2 is 0.380 bits per heavy atom. The second-order valence-corrected chi connectivity index (χ2v) is 22.4. The van der Waals surface area contributed by atoms with Gasteiger partial charge in [-0.1, -0.05) is 342 Å². The Bertz CT molecular complexity index is 1060. The van der Waals surface area contributed by atoms with Crippen LogP contribution in [0.3, 0.4) is 0 Å². The van der Waals surface area contributed by atoms with Gasteiger partial charge in [-0.2, -0.15) is 0 Å². The van der Waals surface area contributed by atoms with E-state index in [0.717, 1.165) is 64.2 Å². The van der Waals surface area contributed by atoms with Crippen LogP contribution in [0.1, 0.15) is 380 Å². The number of rotatable bonds is 61. The van der Waals surface area contributed by atoms with Crippen LogP contribution >= 0.6 is 0 Å². The van der Waals surface area contributed by atoms with Crippen molar-refractivity contribution in [3.8, 4) is 0 Å². The zero-order chi connectivity index (χ0) is 51.4. The Morgan fingerprint density at radius 1 is 0.225 bits per heavy atom. The lowest BCUT2D eigenvalue weighted by Crippen LogP contribution is -2.30. The van der Waals surface area contributed by atoms with Crippen molar-refractivity contribution in [3.63, 3.8) is 0 Å². The molecule has 0 fully saturated rings. The molecule has 0 saturated carbocycles. The van der Waals surface area contributed by atoms with Crippen molar-refractivity contribution in [2.75, 3.05) is 13.2 Å². The zero-order valence-electron chi connectivity index (χ0n) is 48.5. The Labute approximate surface area is 444 Å². The third kappa shape index (κ3) is 59.2. The van der Waals surface area contributed by atoms with E-state index in [1.54, 1.807) is 0 Å². The summed E-state index contributed by atoms with van der Waals surface area (Å²) in [6, 6.07) is 0. The molecule has 6 heteroatoms. The summed E-state index contributed by atoms with van der Waals surface area (Å²) in [5.41, 5.74) is 0. The van der Waals surface area contributed by atoms with Crippen molar-refractivity contribution in [3.05, 3.63) is 0 Å². The molecule has 0 aliphatic rings. The van der Waals surface area contributed by atoms with Crippen molar-refractivity contribution in [1.29, 1.82) is 0 Å². The van der Waals surface area contributed by atoms with Gasteiger partial charge in [0.05, 0.1) is 0 Å². The Morgan fingerprint density at radius 3 is 0.563 bits per heavy atom. The van der Waals surface area contributed by atoms with Gasteiger partial charge in [-0.25, -0.2) is 0 Å². The van der Waals surface area contributed by atoms with E-state index >= 15 is 0 Å². The van der Waals surface area contributed by atoms with E-state index in [4.69, 9.17) is 14.2 Å². The topological polar surface area (TPSA) is 78.9 Å². The Kier molecular flexibility index (Phi) is 59.6. The lowest BCUT2D eigenvalue weighted by Gasteiger charge is -2.18. The second-order valence-electron chi connectivity index (χ2n) is 22.4. The predicted octanol–water partition coefficient (Wildman–Crippen LogP) is 21.9. The number of esters is 3. The lowest BCUT2D eigenvalue weighted by atomic mass is 10.0. The van der Waals surface area contributed by atoms with Crippen molar-refractivity contribution in [1.82, 2.24) is 0 Å². The van der Waals surface area contributed by atoms with Crippen LogP contribution in [-0.2, 0) is 28.6 Å². The molecule has 71 heavy (non-hydrogen) atoms. The number of hydrogen-bond acceptors (Lipinski definition) is 6. The maximum absolute atomic E-state index is 12.8. The van der Waals surface area contributed by atoms with E-state index in [-0.39, 0.29) is 31.1 Å². The number of ether oxygens (including phenoxy) is 3. The minimum absolute atomic E-state index is 0.0625. The van der Waals surface area contributed by atoms with Crippen molar-refractivity contribution in [2.45, 2.75) is 386 Å². The highest BCUT2D eigenvalue weighted by Gasteiger charge is 2.19. The first-order valence-electron chi connectivity index (χ1n) is 32.5. The Hall–Kier alpha value is -1.59. The maximum atomic E-state index is 12.8. The first kappa shape index (κ1) is 69.4. The molecule has 1 unspecified atom stereocenters. The summed E-state index contributed by atoms with van der Waals surface area (Å²) in [6.07, 6.45) is 70.4. The number of hydrogen-bond donors (Lipinski definition) is 0. The van der Waals surface area contributed by atoms with Gasteiger partial charge in [0.2, 0.25) is 0 Å². The summed E-state index contributed by atoms with van der Waals surface area (Å²) >= 11 is 0. The van der Waals surface area contributed by atoms with Crippen molar-refractivity contribution < 1.29 is 28.6 Å². The molecule has 0 amide bonds. The number of carbonyl (C=O) groups is 3. The molecule has 0 aromatic heterocycles. The van der Waals surface area contributed by atoms with E-state index in [1.165, 1.54) is 276 Å². The highest BCUT2D eigenvalue weighted by atomic mass is 16.6. The van der Waals surface area contributed by atoms with Gasteiger partial charge in [0.15, 0.2) is 6.10 Å². The minimum atomic E-state index is -0.760. The molecule has 0 N–H and O–H groups in total. The van der Waals surface area contributed by atoms with Gasteiger partial charge < -0.3 is 14.2 Å². The van der Waals surface area contributed by atoms with Gasteiger partial charge in [-0.3, -0.25) is 14.4 Å². The lowest BCUT2D eigenvalue weighted by molar-refractivity contribution is -0.167. The van der Waals surface area contributed by atoms with E-state index in [2.05, 4.69) is 20.8 Å². The minimum Gasteiger partial charge on any atom is -0.462 e. The fraction of sp³-hybridized carbons (Fsp3) is 0.954. The molecule has 1 atom stereocenters. The maximum Gasteiger partial charge on any atom is 0.306 e. The van der Waals surface area contributed by atoms with Gasteiger partial charge in [0.25, 0.3) is 0 Å². The van der Waals surface area contributed by atoms with E-state index < -0.39 is 6.10 Å². The average Bonchev–Trinajstić information content (AvgIpc) is 3.37. The molecule has 0 rings (SSSR count). The van der Waals surface area contributed by atoms with Crippen LogP contribution in [0, 0.1) is 0 Å². The molecule has 0 aromatic rings. The summed E-state index contributed by atoms with van der Waals surface area (Å²) in [5, 5.41) is 0. The zero-order valence-corrected chi connectivity index (χ0v) is 48.5. The Balaban J connectivity index is 3.87. The molecule has 0 aliphatic carbocycles. The molecule has 0 bridgehead atoms. The number of unbranched alkanes of at least 4 members (excludes halogenated alkanes) is 50. The summed E-state index contributed by atoms with van der Waals surface area (Å²) in [7, 11) is 0. The predicted molar refractivity (Wildman–Crippen MR) is 307 cm³/mol. The molecule has 6 nitrogen and oxygen atoms in total. The smallest absolute Gasteiger partial charge is 0.306 e. The average molecular weight is 1000 g/mol. The largest absolute Gasteiger partial charge is 0.462 e. The monoisotopic (exact) mass is 1000 g/mol. The highest BCUT2D eigenvalue weighted by Crippen LogP contribution is 2.19. The second kappa shape index (κ2) is 61.0. The molecule has 0 heterocycles. The van der Waals surface area contributed by atoms with Gasteiger partial charge in [-0.15, -0.1) is 0 Å². The molecule has 0 spiro atoms. The first-order valence-corrected chi connectivity index (χ1v) is 32.5. The normalized spacial score (nSPS) is 11.9. The van der Waals surface area contributed by atoms with Crippen molar-refractivity contribution >= 4 is 17.9 Å². The summed E-state index contributed by atoms with van der Waals surface area (Å²) in [6.45, 7) is 6.63. The van der Waals surface area contributed by atoms with Gasteiger partial charge in [-0.05, 0) is 19.3 Å². The van der Waals surface area contributed by atoms with Crippen LogP contribution < -0.4 is 0 Å². The van der Waals surface area contributed by atoms with Crippen LogP contribution in [0.15, 0.2) is 0 Å². The van der Waals surface area contributed by atoms with Crippen LogP contribution in [0.2, 0.25) is 0 Å². The third-order valence-electron chi connectivity index (χ3n) is 15.1. The van der Waals surface area contributed by atoms with E-state index in [0.29, 0.717) is 19.3 Å². The fourth-order valence-corrected chi connectivity index (χ4v) is 10.2. The molecular formula is C65H126O6. The van der Waals surface area contributed by atoms with E-state index in [1.807, 2.05) is 0 Å².